The summed E-state index contributed by atoms with van der Waals surface area (Å²) in [5, 5.41) is 8.38. The number of carbonyl (C=O) groups excluding carboxylic acids is 2. The Kier molecular flexibility index (Phi) is 10.4. The van der Waals surface area contributed by atoms with Crippen LogP contribution in [-0.4, -0.2) is 41.2 Å². The molecule has 0 aliphatic rings. The molecule has 7 N–H and O–H groups in total. The predicted octanol–water partition coefficient (Wildman–Crippen LogP) is -1.38. The monoisotopic (exact) mass is 260 g/mol. The number of hydrogen-bond donors (Lipinski definition) is 4. The fourth-order valence-corrected chi connectivity index (χ4v) is 0.643. The van der Waals surface area contributed by atoms with Gasteiger partial charge in [-0.1, -0.05) is 0 Å². The molecular weight excluding hydrogens is 240 g/mol. The highest BCUT2D eigenvalue weighted by molar-refractivity contribution is 6.35. The predicted molar refractivity (Wildman–Crippen MR) is 66.9 cm³/mol. The van der Waals surface area contributed by atoms with Crippen LogP contribution in [0.1, 0.15) is 26.7 Å². The number of aliphatic carboxylic acids is 1. The number of guanidine groups is 1. The molecule has 0 aromatic heterocycles. The van der Waals surface area contributed by atoms with Gasteiger partial charge in [-0.2, -0.15) is 0 Å². The number of rotatable bonds is 6. The van der Waals surface area contributed by atoms with Crippen LogP contribution in [0.3, 0.4) is 0 Å². The van der Waals surface area contributed by atoms with Gasteiger partial charge < -0.3 is 22.3 Å². The van der Waals surface area contributed by atoms with E-state index in [1.165, 1.54) is 13.8 Å². The van der Waals surface area contributed by atoms with Gasteiger partial charge in [-0.25, -0.2) is 0 Å². The van der Waals surface area contributed by atoms with Gasteiger partial charge in [0, 0.05) is 20.4 Å². The van der Waals surface area contributed by atoms with Gasteiger partial charge in [-0.3, -0.25) is 19.4 Å². The fraction of sp³-hybridized carbons (Fsp3) is 0.600. The minimum Gasteiger partial charge on any atom is -0.480 e. The standard InChI is InChI=1S/C6H14N4O2.C4H6O2/c7-4(5(11)12)2-1-3-10-6(8)9;1-3(5)4(2)6/h4H,1-3,7H2,(H,11,12)(H4,8,9,10);1-2H3/t4-;/m0./s1. The third-order valence-electron chi connectivity index (χ3n) is 1.78. The molecule has 1 atom stereocenters. The van der Waals surface area contributed by atoms with Gasteiger partial charge in [-0.05, 0) is 12.8 Å². The zero-order valence-corrected chi connectivity index (χ0v) is 10.5. The first kappa shape index (κ1) is 18.4. The molecule has 0 fully saturated rings. The van der Waals surface area contributed by atoms with Crippen molar-refractivity contribution in [1.29, 1.82) is 0 Å². The van der Waals surface area contributed by atoms with Crippen LogP contribution in [0.2, 0.25) is 0 Å². The van der Waals surface area contributed by atoms with E-state index in [-0.39, 0.29) is 17.5 Å². The summed E-state index contributed by atoms with van der Waals surface area (Å²) in [5.74, 6) is -1.75. The number of nitrogens with two attached hydrogens (primary N) is 3. The van der Waals surface area contributed by atoms with E-state index < -0.39 is 12.0 Å². The Bertz CT molecular complexity index is 312. The minimum atomic E-state index is -1.00. The Balaban J connectivity index is 0. The summed E-state index contributed by atoms with van der Waals surface area (Å²) in [5.41, 5.74) is 15.3. The normalized spacial score (nSPS) is 10.6. The smallest absolute Gasteiger partial charge is 0.320 e. The van der Waals surface area contributed by atoms with Gasteiger partial charge in [-0.15, -0.1) is 0 Å². The largest absolute Gasteiger partial charge is 0.480 e. The van der Waals surface area contributed by atoms with Crippen molar-refractivity contribution in [3.05, 3.63) is 0 Å². The van der Waals surface area contributed by atoms with E-state index in [9.17, 15) is 14.4 Å². The van der Waals surface area contributed by atoms with E-state index in [1.54, 1.807) is 0 Å². The van der Waals surface area contributed by atoms with E-state index >= 15 is 0 Å². The van der Waals surface area contributed by atoms with Crippen LogP contribution in [0.5, 0.6) is 0 Å². The summed E-state index contributed by atoms with van der Waals surface area (Å²) in [6.45, 7) is 2.92. The summed E-state index contributed by atoms with van der Waals surface area (Å²) in [4.78, 5) is 33.5. The number of ketones is 2. The Labute approximate surface area is 105 Å². The maximum Gasteiger partial charge on any atom is 0.320 e. The van der Waals surface area contributed by atoms with Crippen LogP contribution in [0, 0.1) is 0 Å². The van der Waals surface area contributed by atoms with Crippen molar-refractivity contribution in [3.63, 3.8) is 0 Å². The molecule has 0 saturated heterocycles. The summed E-state index contributed by atoms with van der Waals surface area (Å²) in [7, 11) is 0. The van der Waals surface area contributed by atoms with Gasteiger partial charge in [0.1, 0.15) is 6.04 Å². The average Bonchev–Trinajstić information content (AvgIpc) is 2.24. The second-order valence-electron chi connectivity index (χ2n) is 3.51. The minimum absolute atomic E-state index is 0.0129. The van der Waals surface area contributed by atoms with Crippen molar-refractivity contribution in [3.8, 4) is 0 Å². The molecule has 0 bridgehead atoms. The summed E-state index contributed by atoms with van der Waals surface area (Å²) < 4.78 is 0. The van der Waals surface area contributed by atoms with Crippen molar-refractivity contribution in [2.45, 2.75) is 32.7 Å². The molecule has 18 heavy (non-hydrogen) atoms. The lowest BCUT2D eigenvalue weighted by Crippen LogP contribution is -2.30. The number of hydrogen-bond acceptors (Lipinski definition) is 5. The van der Waals surface area contributed by atoms with Gasteiger partial charge >= 0.3 is 5.97 Å². The van der Waals surface area contributed by atoms with Crippen molar-refractivity contribution < 1.29 is 19.5 Å². The van der Waals surface area contributed by atoms with E-state index in [0.717, 1.165) is 0 Å². The van der Waals surface area contributed by atoms with Crippen LogP contribution >= 0.6 is 0 Å². The zero-order valence-electron chi connectivity index (χ0n) is 10.5. The first-order valence-electron chi connectivity index (χ1n) is 5.23. The molecule has 0 aliphatic carbocycles. The summed E-state index contributed by atoms with van der Waals surface area (Å²) >= 11 is 0. The molecule has 0 radical (unpaired) electrons. The van der Waals surface area contributed by atoms with Gasteiger partial charge in [0.25, 0.3) is 0 Å². The zero-order chi connectivity index (χ0) is 14.7. The second-order valence-corrected chi connectivity index (χ2v) is 3.51. The van der Waals surface area contributed by atoms with Gasteiger partial charge in [0.15, 0.2) is 17.5 Å². The molecule has 8 nitrogen and oxygen atoms in total. The number of carbonyl (C=O) groups is 3. The van der Waals surface area contributed by atoms with Crippen molar-refractivity contribution in [1.82, 2.24) is 0 Å². The highest BCUT2D eigenvalue weighted by Crippen LogP contribution is 1.94. The van der Waals surface area contributed by atoms with Crippen molar-refractivity contribution in [2.24, 2.45) is 22.2 Å². The van der Waals surface area contributed by atoms with E-state index in [0.29, 0.717) is 19.4 Å². The number of aliphatic imine (C=N–C) groups is 1. The molecule has 0 spiro atoms. The molecule has 0 aromatic rings. The Morgan fingerprint density at radius 3 is 1.89 bits per heavy atom. The molecule has 0 heterocycles. The molecule has 104 valence electrons. The SMILES string of the molecule is CC(=O)C(C)=O.NC(N)=NCCC[C@H](N)C(=O)O. The van der Waals surface area contributed by atoms with Crippen molar-refractivity contribution >= 4 is 23.5 Å². The van der Waals surface area contributed by atoms with Crippen molar-refractivity contribution in [2.75, 3.05) is 6.54 Å². The number of carboxylic acids is 1. The number of Topliss-reactive ketones (excluding diaryl/α,β-unsaturated/α-hetero) is 2. The summed E-state index contributed by atoms with van der Waals surface area (Å²) in [6, 6.07) is -0.820. The lowest BCUT2D eigenvalue weighted by molar-refractivity contribution is -0.138. The van der Waals surface area contributed by atoms with E-state index in [1.807, 2.05) is 0 Å². The molecule has 8 heteroatoms. The average molecular weight is 260 g/mol. The van der Waals surface area contributed by atoms with Gasteiger partial charge in [0.2, 0.25) is 0 Å². The van der Waals surface area contributed by atoms with Crippen LogP contribution in [0.4, 0.5) is 0 Å². The Hall–Kier alpha value is -1.96. The third-order valence-corrected chi connectivity index (χ3v) is 1.78. The van der Waals surface area contributed by atoms with Crippen LogP contribution in [-0.2, 0) is 14.4 Å². The first-order chi connectivity index (χ1) is 8.18. The van der Waals surface area contributed by atoms with E-state index in [4.69, 9.17) is 22.3 Å². The molecule has 0 rings (SSSR count). The topological polar surface area (TPSA) is 162 Å². The number of nitrogens with zero attached hydrogens (tertiary/aromatic N) is 1. The lowest BCUT2D eigenvalue weighted by Gasteiger charge is -2.03. The maximum atomic E-state index is 10.2. The number of carboxylic acid groups (broad SMARTS) is 1. The van der Waals surface area contributed by atoms with E-state index in [2.05, 4.69) is 4.99 Å². The third kappa shape index (κ3) is 14.0. The summed E-state index contributed by atoms with van der Waals surface area (Å²) in [6.07, 6.45) is 0.956. The molecular formula is C10H20N4O4. The highest BCUT2D eigenvalue weighted by atomic mass is 16.4. The Morgan fingerprint density at radius 2 is 1.61 bits per heavy atom. The fourth-order valence-electron chi connectivity index (χ4n) is 0.643. The quantitative estimate of drug-likeness (QED) is 0.198. The molecule has 0 saturated carbocycles. The maximum absolute atomic E-state index is 10.2. The van der Waals surface area contributed by atoms with Crippen LogP contribution in [0.15, 0.2) is 4.99 Å². The molecule has 0 aliphatic heterocycles. The molecule has 0 amide bonds. The lowest BCUT2D eigenvalue weighted by atomic mass is 10.2. The molecule has 0 aromatic carbocycles. The van der Waals surface area contributed by atoms with Crippen LogP contribution in [0.25, 0.3) is 0 Å². The Morgan fingerprint density at radius 1 is 1.17 bits per heavy atom. The molecule has 0 unspecified atom stereocenters. The van der Waals surface area contributed by atoms with Crippen LogP contribution < -0.4 is 17.2 Å². The first-order valence-corrected chi connectivity index (χ1v) is 5.23. The highest BCUT2D eigenvalue weighted by Gasteiger charge is 2.09. The second kappa shape index (κ2) is 10.2. The van der Waals surface area contributed by atoms with Gasteiger partial charge in [0.05, 0.1) is 0 Å².